The third-order valence-corrected chi connectivity index (χ3v) is 4.89. The maximum atomic E-state index is 12.1. The second-order valence-electron chi connectivity index (χ2n) is 6.12. The maximum absolute atomic E-state index is 12.1. The van der Waals surface area contributed by atoms with Gasteiger partial charge in [-0.25, -0.2) is 4.79 Å². The molecule has 3 aromatic rings. The Morgan fingerprint density at radius 1 is 1.03 bits per heavy atom. The van der Waals surface area contributed by atoms with E-state index < -0.39 is 11.9 Å². The van der Waals surface area contributed by atoms with Crippen molar-refractivity contribution in [2.75, 3.05) is 11.1 Å². The van der Waals surface area contributed by atoms with Gasteiger partial charge in [0.15, 0.2) is 5.16 Å². The van der Waals surface area contributed by atoms with E-state index in [2.05, 4.69) is 27.4 Å². The molecular formula is C21H21N5O2S. The van der Waals surface area contributed by atoms with E-state index in [1.807, 2.05) is 41.0 Å². The van der Waals surface area contributed by atoms with Crippen molar-refractivity contribution in [3.05, 3.63) is 84.7 Å². The van der Waals surface area contributed by atoms with Crippen LogP contribution in [0.3, 0.4) is 0 Å². The topological polar surface area (TPSA) is 88.9 Å². The largest absolute Gasteiger partial charge is 0.325 e. The summed E-state index contributed by atoms with van der Waals surface area (Å²) >= 11 is 1.22. The second-order valence-corrected chi connectivity index (χ2v) is 7.06. The number of rotatable bonds is 8. The average Bonchev–Trinajstić information content (AvgIpc) is 3.09. The van der Waals surface area contributed by atoms with E-state index in [0.29, 0.717) is 23.8 Å². The van der Waals surface area contributed by atoms with E-state index in [4.69, 9.17) is 0 Å². The van der Waals surface area contributed by atoms with Crippen molar-refractivity contribution in [3.8, 4) is 0 Å². The number of nitrogens with one attached hydrogen (secondary N) is 2. The van der Waals surface area contributed by atoms with Crippen molar-refractivity contribution in [1.82, 2.24) is 20.1 Å². The third kappa shape index (κ3) is 6.05. The Balaban J connectivity index is 1.57. The number of carbonyl (C=O) groups is 2. The highest BCUT2D eigenvalue weighted by Gasteiger charge is 2.15. The quantitative estimate of drug-likeness (QED) is 0.441. The standard InChI is InChI=1S/C21H21N5O2S/c1-2-13-26-18(14-16-9-5-3-6-10-16)24-25-21(26)29-15-19(27)23-20(28)22-17-11-7-4-8-12-17/h2-12H,1,13-15H2,(H2,22,23,27,28). The lowest BCUT2D eigenvalue weighted by Gasteiger charge is -2.08. The molecule has 0 aliphatic carbocycles. The van der Waals surface area contributed by atoms with Crippen molar-refractivity contribution >= 4 is 29.4 Å². The highest BCUT2D eigenvalue weighted by Crippen LogP contribution is 2.19. The molecule has 0 aliphatic rings. The van der Waals surface area contributed by atoms with Crippen molar-refractivity contribution in [1.29, 1.82) is 0 Å². The van der Waals surface area contributed by atoms with Crippen LogP contribution >= 0.6 is 11.8 Å². The fraction of sp³-hybridized carbons (Fsp3) is 0.143. The zero-order valence-electron chi connectivity index (χ0n) is 15.7. The molecule has 1 aromatic heterocycles. The van der Waals surface area contributed by atoms with Gasteiger partial charge >= 0.3 is 6.03 Å². The summed E-state index contributed by atoms with van der Waals surface area (Å²) in [6, 6.07) is 18.3. The number of benzene rings is 2. The number of hydrogen-bond acceptors (Lipinski definition) is 5. The molecule has 0 aliphatic heterocycles. The van der Waals surface area contributed by atoms with Crippen LogP contribution < -0.4 is 10.6 Å². The molecule has 0 unspecified atom stereocenters. The van der Waals surface area contributed by atoms with Gasteiger partial charge in [-0.2, -0.15) is 0 Å². The highest BCUT2D eigenvalue weighted by molar-refractivity contribution is 7.99. The van der Waals surface area contributed by atoms with Crippen LogP contribution in [-0.4, -0.2) is 32.5 Å². The Morgan fingerprint density at radius 2 is 1.72 bits per heavy atom. The zero-order chi connectivity index (χ0) is 20.5. The summed E-state index contributed by atoms with van der Waals surface area (Å²) < 4.78 is 1.92. The molecule has 0 fully saturated rings. The number of thioether (sulfide) groups is 1. The number of imide groups is 1. The van der Waals surface area contributed by atoms with Crippen molar-refractivity contribution in [3.63, 3.8) is 0 Å². The number of anilines is 1. The first-order chi connectivity index (χ1) is 14.2. The molecular weight excluding hydrogens is 386 g/mol. The SMILES string of the molecule is C=CCn1c(Cc2ccccc2)nnc1SCC(=O)NC(=O)Nc1ccccc1. The molecule has 0 atom stereocenters. The molecule has 2 N–H and O–H groups in total. The number of nitrogens with zero attached hydrogens (tertiary/aromatic N) is 3. The molecule has 0 saturated carbocycles. The van der Waals surface area contributed by atoms with Gasteiger partial charge in [-0.15, -0.1) is 16.8 Å². The summed E-state index contributed by atoms with van der Waals surface area (Å²) in [6.07, 6.45) is 2.39. The Hall–Kier alpha value is -3.39. The second kappa shape index (κ2) is 10.2. The van der Waals surface area contributed by atoms with E-state index >= 15 is 0 Å². The molecule has 3 amide bonds. The molecule has 2 aromatic carbocycles. The first kappa shape index (κ1) is 20.3. The Kier molecular flexibility index (Phi) is 7.18. The molecule has 0 radical (unpaired) electrons. The van der Waals surface area contributed by atoms with Gasteiger partial charge in [0.2, 0.25) is 5.91 Å². The Bertz CT molecular complexity index is 973. The van der Waals surface area contributed by atoms with Gasteiger partial charge in [-0.3, -0.25) is 10.1 Å². The van der Waals surface area contributed by atoms with Gasteiger partial charge in [-0.1, -0.05) is 66.4 Å². The lowest BCUT2D eigenvalue weighted by atomic mass is 10.1. The van der Waals surface area contributed by atoms with Gasteiger partial charge in [0.05, 0.1) is 5.75 Å². The Morgan fingerprint density at radius 3 is 2.41 bits per heavy atom. The molecule has 0 saturated heterocycles. The number of allylic oxidation sites excluding steroid dienone is 1. The van der Waals surface area contributed by atoms with Gasteiger partial charge in [-0.05, 0) is 17.7 Å². The fourth-order valence-electron chi connectivity index (χ4n) is 2.62. The zero-order valence-corrected chi connectivity index (χ0v) is 16.6. The van der Waals surface area contributed by atoms with Crippen LogP contribution in [0.2, 0.25) is 0 Å². The number of aromatic nitrogens is 3. The summed E-state index contributed by atoms with van der Waals surface area (Å²) in [6.45, 7) is 4.32. The first-order valence-electron chi connectivity index (χ1n) is 9.01. The maximum Gasteiger partial charge on any atom is 0.325 e. The molecule has 0 bridgehead atoms. The lowest BCUT2D eigenvalue weighted by Crippen LogP contribution is -2.35. The predicted molar refractivity (Wildman–Crippen MR) is 114 cm³/mol. The third-order valence-electron chi connectivity index (χ3n) is 3.93. The smallest absolute Gasteiger partial charge is 0.308 e. The normalized spacial score (nSPS) is 10.3. The molecule has 7 nitrogen and oxygen atoms in total. The van der Waals surface area contributed by atoms with Crippen molar-refractivity contribution < 1.29 is 9.59 Å². The predicted octanol–water partition coefficient (Wildman–Crippen LogP) is 3.50. The monoisotopic (exact) mass is 407 g/mol. The van der Waals surface area contributed by atoms with Gasteiger partial charge < -0.3 is 9.88 Å². The molecule has 0 spiro atoms. The van der Waals surface area contributed by atoms with Crippen molar-refractivity contribution in [2.45, 2.75) is 18.1 Å². The summed E-state index contributed by atoms with van der Waals surface area (Å²) in [5.41, 5.74) is 1.74. The van der Waals surface area contributed by atoms with Crippen LogP contribution in [0.1, 0.15) is 11.4 Å². The summed E-state index contributed by atoms with van der Waals surface area (Å²) in [7, 11) is 0. The fourth-order valence-corrected chi connectivity index (χ4v) is 3.39. The lowest BCUT2D eigenvalue weighted by molar-refractivity contribution is -0.117. The first-order valence-corrected chi connectivity index (χ1v) is 10.00. The average molecular weight is 407 g/mol. The van der Waals surface area contributed by atoms with Gasteiger partial charge in [0.25, 0.3) is 0 Å². The van der Waals surface area contributed by atoms with E-state index in [1.165, 1.54) is 11.8 Å². The molecule has 148 valence electrons. The summed E-state index contributed by atoms with van der Waals surface area (Å²) in [5, 5.41) is 14.0. The molecule has 8 heteroatoms. The molecule has 1 heterocycles. The van der Waals surface area contributed by atoms with Crippen LogP contribution in [0.4, 0.5) is 10.5 Å². The van der Waals surface area contributed by atoms with E-state index in [1.54, 1.807) is 30.3 Å². The number of hydrogen-bond donors (Lipinski definition) is 2. The van der Waals surface area contributed by atoms with Gasteiger partial charge in [0.1, 0.15) is 5.82 Å². The van der Waals surface area contributed by atoms with Crippen LogP contribution in [0, 0.1) is 0 Å². The van der Waals surface area contributed by atoms with Gasteiger partial charge in [0, 0.05) is 18.7 Å². The highest BCUT2D eigenvalue weighted by atomic mass is 32.2. The summed E-state index contributed by atoms with van der Waals surface area (Å²) in [4.78, 5) is 24.0. The van der Waals surface area contributed by atoms with E-state index in [0.717, 1.165) is 11.4 Å². The number of amides is 3. The number of para-hydroxylation sites is 1. The van der Waals surface area contributed by atoms with Crippen LogP contribution in [0.15, 0.2) is 78.5 Å². The van der Waals surface area contributed by atoms with E-state index in [9.17, 15) is 9.59 Å². The van der Waals surface area contributed by atoms with E-state index in [-0.39, 0.29) is 5.75 Å². The minimum atomic E-state index is -0.570. The minimum Gasteiger partial charge on any atom is -0.308 e. The molecule has 3 rings (SSSR count). The number of urea groups is 1. The van der Waals surface area contributed by atoms with Crippen LogP contribution in [-0.2, 0) is 17.8 Å². The summed E-state index contributed by atoms with van der Waals surface area (Å²) in [5.74, 6) is 0.421. The minimum absolute atomic E-state index is 0.0445. The van der Waals surface area contributed by atoms with Crippen LogP contribution in [0.5, 0.6) is 0 Å². The Labute approximate surface area is 173 Å². The number of carbonyl (C=O) groups excluding carboxylic acids is 2. The van der Waals surface area contributed by atoms with Crippen LogP contribution in [0.25, 0.3) is 0 Å². The van der Waals surface area contributed by atoms with Crippen molar-refractivity contribution in [2.24, 2.45) is 0 Å². The molecule has 29 heavy (non-hydrogen) atoms.